The van der Waals surface area contributed by atoms with Crippen molar-refractivity contribution in [1.29, 1.82) is 0 Å². The summed E-state index contributed by atoms with van der Waals surface area (Å²) in [6.07, 6.45) is 4.76. The molecule has 0 radical (unpaired) electrons. The maximum atomic E-state index is 13.9. The van der Waals surface area contributed by atoms with Crippen LogP contribution < -0.4 is 4.74 Å². The Morgan fingerprint density at radius 2 is 1.64 bits per heavy atom. The lowest BCUT2D eigenvalue weighted by molar-refractivity contribution is 0.0595. The zero-order valence-electron chi connectivity index (χ0n) is 19.7. The molecule has 0 aliphatic carbocycles. The number of ether oxygens (including phenoxy) is 1. The van der Waals surface area contributed by atoms with E-state index >= 15 is 0 Å². The van der Waals surface area contributed by atoms with E-state index in [-0.39, 0.29) is 27.6 Å². The third-order valence-corrected chi connectivity index (χ3v) is 9.50. The second-order valence-electron chi connectivity index (χ2n) is 9.17. The quantitative estimate of drug-likeness (QED) is 0.468. The zero-order valence-corrected chi connectivity index (χ0v) is 21.3. The summed E-state index contributed by atoms with van der Waals surface area (Å²) in [5.41, 5.74) is 0.526. The van der Waals surface area contributed by atoms with Crippen molar-refractivity contribution in [1.82, 2.24) is 14.2 Å². The van der Waals surface area contributed by atoms with Gasteiger partial charge in [-0.15, -0.1) is 0 Å². The fourth-order valence-corrected chi connectivity index (χ4v) is 7.13. The first kappa shape index (κ1) is 25.0. The minimum Gasteiger partial charge on any atom is -0.467 e. The van der Waals surface area contributed by atoms with Gasteiger partial charge in [0.05, 0.1) is 9.60 Å². The molecule has 3 aromatic rings. The molecule has 3 heterocycles. The molecule has 2 fully saturated rings. The number of carbonyl (C=O) groups is 1. The number of sulfonamides is 1. The highest BCUT2D eigenvalue weighted by Crippen LogP contribution is 2.32. The van der Waals surface area contributed by atoms with E-state index in [0.29, 0.717) is 49.3 Å². The van der Waals surface area contributed by atoms with Crippen molar-refractivity contribution >= 4 is 37.5 Å². The van der Waals surface area contributed by atoms with Crippen LogP contribution in [0.5, 0.6) is 5.19 Å². The number of carbonyl (C=O) groups excluding carboxylic acids is 1. The van der Waals surface area contributed by atoms with Crippen molar-refractivity contribution in [3.8, 4) is 5.19 Å². The average molecular weight is 536 g/mol. The number of hydrogen-bond donors (Lipinski definition) is 0. The Morgan fingerprint density at radius 3 is 2.31 bits per heavy atom. The second kappa shape index (κ2) is 10.4. The monoisotopic (exact) mass is 535 g/mol. The van der Waals surface area contributed by atoms with Crippen LogP contribution in [0, 0.1) is 11.6 Å². The van der Waals surface area contributed by atoms with Crippen LogP contribution in [0.25, 0.3) is 10.2 Å². The van der Waals surface area contributed by atoms with Gasteiger partial charge in [0.1, 0.15) is 17.4 Å². The fourth-order valence-electron chi connectivity index (χ4n) is 4.69. The van der Waals surface area contributed by atoms with Crippen LogP contribution in [-0.4, -0.2) is 60.8 Å². The third kappa shape index (κ3) is 5.23. The Labute approximate surface area is 212 Å². The molecule has 192 valence electrons. The van der Waals surface area contributed by atoms with Crippen molar-refractivity contribution in [3.05, 3.63) is 53.6 Å². The van der Waals surface area contributed by atoms with Crippen LogP contribution in [0.1, 0.15) is 48.9 Å². The summed E-state index contributed by atoms with van der Waals surface area (Å²) in [5.74, 6) is -1.54. The minimum atomic E-state index is -3.56. The molecule has 36 heavy (non-hydrogen) atoms. The van der Waals surface area contributed by atoms with Crippen molar-refractivity contribution in [2.24, 2.45) is 0 Å². The molecular weight excluding hydrogens is 508 g/mol. The van der Waals surface area contributed by atoms with Crippen LogP contribution in [0.15, 0.2) is 41.3 Å². The summed E-state index contributed by atoms with van der Waals surface area (Å²) in [6.45, 7) is 1.99. The van der Waals surface area contributed by atoms with Crippen molar-refractivity contribution in [2.75, 3.05) is 26.2 Å². The van der Waals surface area contributed by atoms with Gasteiger partial charge in [-0.05, 0) is 43.2 Å². The fraction of sp³-hybridized carbons (Fsp3) is 0.440. The Kier molecular flexibility index (Phi) is 7.23. The number of aromatic nitrogens is 1. The Bertz CT molecular complexity index is 1350. The van der Waals surface area contributed by atoms with E-state index in [1.54, 1.807) is 17.0 Å². The number of thiazole rings is 1. The normalized spacial score (nSPS) is 18.3. The van der Waals surface area contributed by atoms with E-state index in [1.165, 1.54) is 22.5 Å². The summed E-state index contributed by atoms with van der Waals surface area (Å²) >= 11 is 1.09. The molecule has 0 atom stereocenters. The Balaban J connectivity index is 1.19. The second-order valence-corrected chi connectivity index (χ2v) is 12.1. The number of benzene rings is 2. The van der Waals surface area contributed by atoms with Crippen LogP contribution >= 0.6 is 11.3 Å². The highest BCUT2D eigenvalue weighted by atomic mass is 32.2. The summed E-state index contributed by atoms with van der Waals surface area (Å²) in [5, 5.41) is 0.278. The molecule has 0 spiro atoms. The van der Waals surface area contributed by atoms with E-state index in [2.05, 4.69) is 4.98 Å². The zero-order chi connectivity index (χ0) is 25.3. The SMILES string of the molecule is O=C(c1ccc(S(=O)(=O)N2CCCCCC2)cc1)N1CCC(Oc2nc3c(F)cc(F)cc3s2)CC1. The molecule has 2 aliphatic heterocycles. The lowest BCUT2D eigenvalue weighted by Crippen LogP contribution is -2.41. The van der Waals surface area contributed by atoms with E-state index in [9.17, 15) is 22.0 Å². The highest BCUT2D eigenvalue weighted by molar-refractivity contribution is 7.89. The van der Waals surface area contributed by atoms with Gasteiger partial charge in [0.2, 0.25) is 10.0 Å². The van der Waals surface area contributed by atoms with E-state index < -0.39 is 21.7 Å². The predicted molar refractivity (Wildman–Crippen MR) is 133 cm³/mol. The van der Waals surface area contributed by atoms with Gasteiger partial charge in [-0.3, -0.25) is 4.79 Å². The summed E-state index contributed by atoms with van der Waals surface area (Å²) < 4.78 is 61.1. The molecule has 1 aromatic heterocycles. The molecule has 1 amide bonds. The molecule has 0 N–H and O–H groups in total. The summed E-state index contributed by atoms with van der Waals surface area (Å²) in [4.78, 5) is 19.1. The Morgan fingerprint density at radius 1 is 0.972 bits per heavy atom. The average Bonchev–Trinajstić information content (AvgIpc) is 3.07. The maximum absolute atomic E-state index is 13.9. The van der Waals surface area contributed by atoms with Gasteiger partial charge < -0.3 is 9.64 Å². The largest absolute Gasteiger partial charge is 0.467 e. The van der Waals surface area contributed by atoms with E-state index in [1.807, 2.05) is 0 Å². The number of nitrogens with zero attached hydrogens (tertiary/aromatic N) is 3. The molecule has 0 saturated carbocycles. The molecule has 7 nitrogen and oxygen atoms in total. The number of fused-ring (bicyclic) bond motifs is 1. The van der Waals surface area contributed by atoms with Crippen molar-refractivity contribution in [3.63, 3.8) is 0 Å². The van der Waals surface area contributed by atoms with Crippen molar-refractivity contribution in [2.45, 2.75) is 49.5 Å². The van der Waals surface area contributed by atoms with Crippen LogP contribution in [0.4, 0.5) is 8.78 Å². The summed E-state index contributed by atoms with van der Waals surface area (Å²) in [7, 11) is -3.56. The number of hydrogen-bond acceptors (Lipinski definition) is 6. The molecule has 2 aliphatic rings. The van der Waals surface area contributed by atoms with Gasteiger partial charge >= 0.3 is 0 Å². The van der Waals surface area contributed by atoms with Gasteiger partial charge in [-0.1, -0.05) is 24.2 Å². The van der Waals surface area contributed by atoms with Crippen LogP contribution in [0.2, 0.25) is 0 Å². The van der Waals surface area contributed by atoms with Gasteiger partial charge in [-0.25, -0.2) is 17.2 Å². The first-order chi connectivity index (χ1) is 17.3. The van der Waals surface area contributed by atoms with Crippen molar-refractivity contribution < 1.29 is 26.7 Å². The molecule has 0 unspecified atom stereocenters. The van der Waals surface area contributed by atoms with Gasteiger partial charge in [0, 0.05) is 50.7 Å². The number of amides is 1. The van der Waals surface area contributed by atoms with E-state index in [4.69, 9.17) is 4.74 Å². The predicted octanol–water partition coefficient (Wildman–Crippen LogP) is 4.82. The smallest absolute Gasteiger partial charge is 0.274 e. The first-order valence-corrected chi connectivity index (χ1v) is 14.4. The molecule has 2 aromatic carbocycles. The van der Waals surface area contributed by atoms with E-state index in [0.717, 1.165) is 43.1 Å². The number of likely N-dealkylation sites (tertiary alicyclic amines) is 1. The highest BCUT2D eigenvalue weighted by Gasteiger charge is 2.28. The first-order valence-electron chi connectivity index (χ1n) is 12.1. The maximum Gasteiger partial charge on any atom is 0.274 e. The number of halogens is 2. The lowest BCUT2D eigenvalue weighted by atomic mass is 10.1. The molecular formula is C25H27F2N3O4S2. The Hall–Kier alpha value is -2.63. The van der Waals surface area contributed by atoms with Crippen LogP contribution in [0.3, 0.4) is 0 Å². The molecule has 0 bridgehead atoms. The number of piperidine rings is 1. The van der Waals surface area contributed by atoms with Gasteiger partial charge in [0.25, 0.3) is 11.1 Å². The lowest BCUT2D eigenvalue weighted by Gasteiger charge is -2.31. The molecule has 11 heteroatoms. The molecule has 2 saturated heterocycles. The molecule has 5 rings (SSSR count). The van der Waals surface area contributed by atoms with Gasteiger partial charge in [0.15, 0.2) is 5.82 Å². The van der Waals surface area contributed by atoms with Gasteiger partial charge in [-0.2, -0.15) is 9.29 Å². The summed E-state index contributed by atoms with van der Waals surface area (Å²) in [6, 6.07) is 8.20. The number of rotatable bonds is 5. The van der Waals surface area contributed by atoms with Crippen LogP contribution in [-0.2, 0) is 10.0 Å². The minimum absolute atomic E-state index is 0.0883. The third-order valence-electron chi connectivity index (χ3n) is 6.69. The standard InChI is InChI=1S/C25H27F2N3O4S2/c26-18-15-21(27)23-22(16-18)35-25(28-23)34-19-9-13-29(14-10-19)24(31)17-5-7-20(8-6-17)36(32,33)30-11-3-1-2-4-12-30/h5-8,15-16,19H,1-4,9-14H2. The topological polar surface area (TPSA) is 79.8 Å².